The van der Waals surface area contributed by atoms with Gasteiger partial charge >= 0.3 is 0 Å². The van der Waals surface area contributed by atoms with E-state index >= 15 is 0 Å². The number of primary sulfonamides is 1. The van der Waals surface area contributed by atoms with Crippen molar-refractivity contribution >= 4 is 44.0 Å². The number of carbonyl (C=O) groups excluding carboxylic acids is 1. The minimum Gasteiger partial charge on any atom is -0.396 e. The number of halogens is 1. The van der Waals surface area contributed by atoms with E-state index in [1.54, 1.807) is 18.2 Å². The van der Waals surface area contributed by atoms with Gasteiger partial charge in [0.15, 0.2) is 0 Å². The standard InChI is InChI=1S/C15H12ClN3O3S/c16-9-4-5-11-12(7-9)19-14(13(11)17)15(20)8-2-1-3-10(6-8)23(18,21)22/h1-7,19H,17H2,(H2,18,21,22). The van der Waals surface area contributed by atoms with Gasteiger partial charge in [0, 0.05) is 21.5 Å². The molecule has 0 unspecified atom stereocenters. The van der Waals surface area contributed by atoms with Gasteiger partial charge in [-0.2, -0.15) is 0 Å². The third-order valence-corrected chi connectivity index (χ3v) is 4.60. The van der Waals surface area contributed by atoms with Crippen LogP contribution in [0.5, 0.6) is 0 Å². The smallest absolute Gasteiger partial charge is 0.238 e. The molecule has 0 radical (unpaired) electrons. The topological polar surface area (TPSA) is 119 Å². The van der Waals surface area contributed by atoms with Gasteiger partial charge in [-0.15, -0.1) is 0 Å². The molecule has 118 valence electrons. The number of aromatic nitrogens is 1. The van der Waals surface area contributed by atoms with Crippen molar-refractivity contribution in [3.8, 4) is 0 Å². The van der Waals surface area contributed by atoms with Crippen LogP contribution < -0.4 is 10.9 Å². The Labute approximate surface area is 137 Å². The van der Waals surface area contributed by atoms with Crippen LogP contribution in [0.4, 0.5) is 5.69 Å². The number of ketones is 1. The maximum atomic E-state index is 12.6. The first kappa shape index (κ1) is 15.5. The van der Waals surface area contributed by atoms with Crippen LogP contribution in [0.3, 0.4) is 0 Å². The number of carbonyl (C=O) groups is 1. The summed E-state index contributed by atoms with van der Waals surface area (Å²) in [6.07, 6.45) is 0. The average Bonchev–Trinajstić information content (AvgIpc) is 2.82. The molecular formula is C15H12ClN3O3S. The highest BCUT2D eigenvalue weighted by molar-refractivity contribution is 7.89. The van der Waals surface area contributed by atoms with Crippen molar-refractivity contribution in [2.75, 3.05) is 5.73 Å². The lowest BCUT2D eigenvalue weighted by molar-refractivity contribution is 0.103. The zero-order valence-corrected chi connectivity index (χ0v) is 13.3. The highest BCUT2D eigenvalue weighted by Gasteiger charge is 2.19. The van der Waals surface area contributed by atoms with E-state index in [1.807, 2.05) is 0 Å². The van der Waals surface area contributed by atoms with Crippen LogP contribution in [0.25, 0.3) is 10.9 Å². The van der Waals surface area contributed by atoms with Crippen molar-refractivity contribution in [2.24, 2.45) is 5.14 Å². The largest absolute Gasteiger partial charge is 0.396 e. The Morgan fingerprint density at radius 3 is 2.57 bits per heavy atom. The van der Waals surface area contributed by atoms with Crippen molar-refractivity contribution in [1.29, 1.82) is 0 Å². The molecule has 6 nitrogen and oxygen atoms in total. The molecule has 0 aliphatic carbocycles. The molecule has 1 aromatic heterocycles. The van der Waals surface area contributed by atoms with Crippen LogP contribution in [0.2, 0.25) is 5.02 Å². The molecule has 23 heavy (non-hydrogen) atoms. The number of nitrogens with one attached hydrogen (secondary N) is 1. The first-order chi connectivity index (χ1) is 10.8. The second-order valence-corrected chi connectivity index (χ2v) is 7.00. The first-order valence-corrected chi connectivity index (χ1v) is 8.44. The zero-order valence-electron chi connectivity index (χ0n) is 11.7. The molecule has 8 heteroatoms. The lowest BCUT2D eigenvalue weighted by Crippen LogP contribution is -2.13. The van der Waals surface area contributed by atoms with Gasteiger partial charge in [0.25, 0.3) is 0 Å². The van der Waals surface area contributed by atoms with Gasteiger partial charge in [0.2, 0.25) is 15.8 Å². The molecule has 0 aliphatic heterocycles. The van der Waals surface area contributed by atoms with Crippen LogP contribution in [-0.2, 0) is 10.0 Å². The number of rotatable bonds is 3. The number of nitrogen functional groups attached to an aromatic ring is 1. The molecule has 0 aliphatic rings. The number of fused-ring (bicyclic) bond motifs is 1. The molecule has 1 heterocycles. The van der Waals surface area contributed by atoms with Crippen LogP contribution in [0.15, 0.2) is 47.4 Å². The first-order valence-electron chi connectivity index (χ1n) is 6.51. The van der Waals surface area contributed by atoms with Crippen LogP contribution in [0.1, 0.15) is 16.1 Å². The molecule has 3 aromatic rings. The molecule has 0 saturated carbocycles. The van der Waals surface area contributed by atoms with Crippen LogP contribution in [0, 0.1) is 0 Å². The maximum Gasteiger partial charge on any atom is 0.238 e. The fourth-order valence-electron chi connectivity index (χ4n) is 2.33. The summed E-state index contributed by atoms with van der Waals surface area (Å²) in [6.45, 7) is 0. The van der Waals surface area contributed by atoms with Gasteiger partial charge in [0.05, 0.1) is 10.6 Å². The van der Waals surface area contributed by atoms with E-state index in [0.717, 1.165) is 0 Å². The molecule has 0 fully saturated rings. The van der Waals surface area contributed by atoms with Gasteiger partial charge in [-0.3, -0.25) is 4.79 Å². The third-order valence-electron chi connectivity index (χ3n) is 3.45. The second-order valence-electron chi connectivity index (χ2n) is 5.01. The number of nitrogens with two attached hydrogens (primary N) is 2. The molecule has 0 atom stereocenters. The van der Waals surface area contributed by atoms with Crippen LogP contribution >= 0.6 is 11.6 Å². The Kier molecular flexibility index (Phi) is 3.63. The van der Waals surface area contributed by atoms with Crippen LogP contribution in [-0.4, -0.2) is 19.2 Å². The molecular weight excluding hydrogens is 338 g/mol. The number of hydrogen-bond donors (Lipinski definition) is 3. The van der Waals surface area contributed by atoms with Crippen molar-refractivity contribution in [3.63, 3.8) is 0 Å². The number of anilines is 1. The predicted octanol–water partition coefficient (Wildman–Crippen LogP) is 2.28. The minimum absolute atomic E-state index is 0.138. The Balaban J connectivity index is 2.13. The van der Waals surface area contributed by atoms with E-state index in [9.17, 15) is 13.2 Å². The maximum absolute atomic E-state index is 12.6. The summed E-state index contributed by atoms with van der Waals surface area (Å²) in [7, 11) is -3.89. The number of benzene rings is 2. The van der Waals surface area contributed by atoms with E-state index in [-0.39, 0.29) is 21.8 Å². The van der Waals surface area contributed by atoms with Crippen molar-refractivity contribution < 1.29 is 13.2 Å². The summed E-state index contributed by atoms with van der Waals surface area (Å²) >= 11 is 5.92. The fourth-order valence-corrected chi connectivity index (χ4v) is 3.06. The molecule has 2 aromatic carbocycles. The number of sulfonamides is 1. The normalized spacial score (nSPS) is 11.7. The van der Waals surface area contributed by atoms with Gasteiger partial charge in [0.1, 0.15) is 5.69 Å². The molecule has 0 spiro atoms. The second kappa shape index (κ2) is 5.38. The Morgan fingerprint density at radius 2 is 1.87 bits per heavy atom. The summed E-state index contributed by atoms with van der Waals surface area (Å²) in [5.41, 5.74) is 7.26. The van der Waals surface area contributed by atoms with Gasteiger partial charge in [-0.25, -0.2) is 13.6 Å². The van der Waals surface area contributed by atoms with Gasteiger partial charge in [-0.1, -0.05) is 23.7 Å². The Hall–Kier alpha value is -2.35. The number of aromatic amines is 1. The molecule has 0 saturated heterocycles. The monoisotopic (exact) mass is 349 g/mol. The third kappa shape index (κ3) is 2.81. The van der Waals surface area contributed by atoms with Crippen molar-refractivity contribution in [2.45, 2.75) is 4.90 Å². The molecule has 0 amide bonds. The van der Waals surface area contributed by atoms with Crippen molar-refractivity contribution in [1.82, 2.24) is 4.98 Å². The van der Waals surface area contributed by atoms with E-state index in [0.29, 0.717) is 15.9 Å². The quantitative estimate of drug-likeness (QED) is 0.628. The molecule has 0 bridgehead atoms. The summed E-state index contributed by atoms with van der Waals surface area (Å²) in [5, 5.41) is 6.26. The van der Waals surface area contributed by atoms with E-state index in [1.165, 1.54) is 24.3 Å². The van der Waals surface area contributed by atoms with E-state index in [2.05, 4.69) is 4.98 Å². The van der Waals surface area contributed by atoms with E-state index in [4.69, 9.17) is 22.5 Å². The Morgan fingerprint density at radius 1 is 1.13 bits per heavy atom. The average molecular weight is 350 g/mol. The van der Waals surface area contributed by atoms with Gasteiger partial charge in [-0.05, 0) is 30.3 Å². The number of H-pyrrole nitrogens is 1. The molecule has 5 N–H and O–H groups in total. The van der Waals surface area contributed by atoms with Gasteiger partial charge < -0.3 is 10.7 Å². The zero-order chi connectivity index (χ0) is 16.8. The lowest BCUT2D eigenvalue weighted by Gasteiger charge is -2.03. The minimum atomic E-state index is -3.89. The Bertz CT molecular complexity index is 1040. The summed E-state index contributed by atoms with van der Waals surface area (Å²) < 4.78 is 22.8. The lowest BCUT2D eigenvalue weighted by atomic mass is 10.1. The SMILES string of the molecule is Nc1c(C(=O)c2cccc(S(N)(=O)=O)c2)[nH]c2cc(Cl)ccc12. The highest BCUT2D eigenvalue weighted by atomic mass is 35.5. The van der Waals surface area contributed by atoms with Crippen molar-refractivity contribution in [3.05, 3.63) is 58.7 Å². The highest BCUT2D eigenvalue weighted by Crippen LogP contribution is 2.29. The summed E-state index contributed by atoms with van der Waals surface area (Å²) in [4.78, 5) is 15.4. The van der Waals surface area contributed by atoms with E-state index < -0.39 is 15.8 Å². The number of hydrogen-bond acceptors (Lipinski definition) is 4. The summed E-state index contributed by atoms with van der Waals surface area (Å²) in [6, 6.07) is 10.5. The predicted molar refractivity (Wildman–Crippen MR) is 89.0 cm³/mol. The fraction of sp³-hybridized carbons (Fsp3) is 0. The molecule has 3 rings (SSSR count). The summed E-state index contributed by atoms with van der Waals surface area (Å²) in [5.74, 6) is -0.430.